The zero-order valence-corrected chi connectivity index (χ0v) is 12.3. The molecule has 0 radical (unpaired) electrons. The predicted molar refractivity (Wildman–Crippen MR) is 84.5 cm³/mol. The van der Waals surface area contributed by atoms with Crippen LogP contribution < -0.4 is 0 Å². The molecule has 0 heterocycles. The van der Waals surface area contributed by atoms with E-state index in [1.165, 1.54) is 12.2 Å². The average molecular weight is 292 g/mol. The van der Waals surface area contributed by atoms with Crippen molar-refractivity contribution in [1.29, 1.82) is 0 Å². The Morgan fingerprint density at radius 1 is 1.29 bits per heavy atom. The lowest BCUT2D eigenvalue weighted by Crippen LogP contribution is -2.18. The van der Waals surface area contributed by atoms with Gasteiger partial charge in [0.25, 0.3) is 6.54 Å². The highest BCUT2D eigenvalue weighted by Crippen LogP contribution is 2.11. The molecule has 0 spiro atoms. The van der Waals surface area contributed by atoms with Crippen molar-refractivity contribution in [3.63, 3.8) is 0 Å². The van der Waals surface area contributed by atoms with Gasteiger partial charge in [0.15, 0.2) is 0 Å². The first-order valence-corrected chi connectivity index (χ1v) is 6.39. The van der Waals surface area contributed by atoms with E-state index in [-0.39, 0.29) is 5.57 Å². The highest BCUT2D eigenvalue weighted by atomic mass is 16.4. The van der Waals surface area contributed by atoms with Gasteiger partial charge in [-0.2, -0.15) is 0 Å². The molecule has 5 nitrogen and oxygen atoms in total. The van der Waals surface area contributed by atoms with Gasteiger partial charge in [-0.05, 0) is 6.42 Å². The van der Waals surface area contributed by atoms with Crippen molar-refractivity contribution in [3.8, 4) is 6.07 Å². The number of carbonyl (C=O) groups is 2. The van der Waals surface area contributed by atoms with Crippen LogP contribution in [0.25, 0.3) is 4.85 Å². The lowest BCUT2D eigenvalue weighted by atomic mass is 10.0. The second-order valence-corrected chi connectivity index (χ2v) is 3.84. The third-order valence-electron chi connectivity index (χ3n) is 2.16. The molecule has 1 unspecified atom stereocenters. The Morgan fingerprint density at radius 2 is 1.86 bits per heavy atom. The van der Waals surface area contributed by atoms with E-state index in [9.17, 15) is 9.59 Å². The Labute approximate surface area is 125 Å². The number of rotatable bonds is 7. The SMILES string of the molecule is C=C(C(=O)O)C(C=CC#[N+]CCCC)C(=O)O.C=CC=C. The van der Waals surface area contributed by atoms with Crippen LogP contribution in [-0.4, -0.2) is 28.7 Å². The summed E-state index contributed by atoms with van der Waals surface area (Å²) in [5.74, 6) is -3.84. The molecule has 0 rings (SSSR count). The van der Waals surface area contributed by atoms with E-state index in [4.69, 9.17) is 10.2 Å². The Bertz CT molecular complexity index is 460. The molecule has 0 aliphatic carbocycles. The maximum Gasteiger partial charge on any atom is 0.332 e. The predicted octanol–water partition coefficient (Wildman–Crippen LogP) is 3.38. The number of carboxylic acid groups (broad SMARTS) is 2. The zero-order chi connectivity index (χ0) is 16.7. The number of unbranched alkanes of at least 4 members (excludes halogenated alkanes) is 1. The van der Waals surface area contributed by atoms with Gasteiger partial charge in [-0.25, -0.2) is 4.79 Å². The van der Waals surface area contributed by atoms with Crippen molar-refractivity contribution in [2.45, 2.75) is 19.8 Å². The molecule has 0 bridgehead atoms. The minimum absolute atomic E-state index is 0.385. The molecule has 2 N–H and O–H groups in total. The first-order valence-electron chi connectivity index (χ1n) is 6.39. The van der Waals surface area contributed by atoms with Gasteiger partial charge in [0.05, 0.1) is 6.08 Å². The molecule has 5 heteroatoms. The van der Waals surface area contributed by atoms with Gasteiger partial charge in [-0.1, -0.05) is 49.7 Å². The number of hydrogen-bond donors (Lipinski definition) is 2. The quantitative estimate of drug-likeness (QED) is 0.326. The standard InChI is InChI=1S/C12H15NO4.C4H6/c1-3-4-7-13-8-5-6-10(12(16)17)9(2)11(14)15;1-3-4-2/h5-6,10H,2-4,7H2,1H3,(H-,14,15,16,17);3-4H,1-2H2/p+1. The summed E-state index contributed by atoms with van der Waals surface area (Å²) in [5, 5.41) is 17.4. The van der Waals surface area contributed by atoms with Crippen LogP contribution in [0, 0.1) is 12.0 Å². The lowest BCUT2D eigenvalue weighted by Gasteiger charge is -2.04. The summed E-state index contributed by atoms with van der Waals surface area (Å²) >= 11 is 0. The van der Waals surface area contributed by atoms with Crippen molar-refractivity contribution in [2.75, 3.05) is 6.54 Å². The molecule has 0 saturated heterocycles. The number of carboxylic acids is 2. The molecule has 0 aromatic carbocycles. The summed E-state index contributed by atoms with van der Waals surface area (Å²) in [6, 6.07) is 2.55. The number of allylic oxidation sites excluding steroid dienone is 3. The molecule has 0 aromatic rings. The van der Waals surface area contributed by atoms with E-state index < -0.39 is 17.9 Å². The Kier molecular flexibility index (Phi) is 13.6. The van der Waals surface area contributed by atoms with Crippen molar-refractivity contribution in [1.82, 2.24) is 0 Å². The fraction of sp³-hybridized carbons (Fsp3) is 0.312. The van der Waals surface area contributed by atoms with Crippen LogP contribution in [0.2, 0.25) is 0 Å². The summed E-state index contributed by atoms with van der Waals surface area (Å²) in [6.45, 7) is 12.6. The molecule has 0 aromatic heterocycles. The Morgan fingerprint density at radius 3 is 2.24 bits per heavy atom. The normalized spacial score (nSPS) is 10.3. The minimum Gasteiger partial charge on any atom is -0.481 e. The smallest absolute Gasteiger partial charge is 0.332 e. The van der Waals surface area contributed by atoms with Gasteiger partial charge in [0.2, 0.25) is 0 Å². The summed E-state index contributed by atoms with van der Waals surface area (Å²) < 4.78 is 0. The molecule has 0 amide bonds. The lowest BCUT2D eigenvalue weighted by molar-refractivity contribution is -0.142. The van der Waals surface area contributed by atoms with E-state index in [1.807, 2.05) is 6.92 Å². The van der Waals surface area contributed by atoms with Crippen LogP contribution in [0.5, 0.6) is 0 Å². The second kappa shape index (κ2) is 13.8. The fourth-order valence-electron chi connectivity index (χ4n) is 0.974. The maximum absolute atomic E-state index is 10.8. The van der Waals surface area contributed by atoms with Crippen molar-refractivity contribution >= 4 is 11.9 Å². The summed E-state index contributed by atoms with van der Waals surface area (Å²) in [4.78, 5) is 25.2. The van der Waals surface area contributed by atoms with Gasteiger partial charge >= 0.3 is 18.0 Å². The molecular formula is C16H22NO4+. The highest BCUT2D eigenvalue weighted by Gasteiger charge is 2.22. The molecule has 0 aliphatic rings. The molecule has 1 atom stereocenters. The van der Waals surface area contributed by atoms with E-state index in [0.717, 1.165) is 12.8 Å². The number of nitrogens with zero attached hydrogens (tertiary/aromatic N) is 1. The third kappa shape index (κ3) is 12.2. The second-order valence-electron chi connectivity index (χ2n) is 3.84. The highest BCUT2D eigenvalue weighted by molar-refractivity contribution is 5.94. The van der Waals surface area contributed by atoms with Gasteiger partial charge in [-0.15, -0.1) is 0 Å². The summed E-state index contributed by atoms with van der Waals surface area (Å²) in [6.07, 6.45) is 7.74. The zero-order valence-electron chi connectivity index (χ0n) is 12.3. The van der Waals surface area contributed by atoms with Crippen molar-refractivity contribution < 1.29 is 19.8 Å². The van der Waals surface area contributed by atoms with E-state index in [0.29, 0.717) is 6.54 Å². The van der Waals surface area contributed by atoms with Crippen LogP contribution in [0.4, 0.5) is 0 Å². The fourth-order valence-corrected chi connectivity index (χ4v) is 0.974. The molecule has 0 aliphatic heterocycles. The monoisotopic (exact) mass is 292 g/mol. The maximum atomic E-state index is 10.8. The molecule has 0 fully saturated rings. The number of hydrogen-bond acceptors (Lipinski definition) is 2. The van der Waals surface area contributed by atoms with Gasteiger partial charge in [0.1, 0.15) is 5.92 Å². The Hall–Kier alpha value is -2.61. The van der Waals surface area contributed by atoms with Crippen LogP contribution in [0.3, 0.4) is 0 Å². The number of aliphatic carboxylic acids is 2. The third-order valence-corrected chi connectivity index (χ3v) is 2.16. The van der Waals surface area contributed by atoms with E-state index >= 15 is 0 Å². The first-order chi connectivity index (χ1) is 9.92. The molecular weight excluding hydrogens is 270 g/mol. The summed E-state index contributed by atoms with van der Waals surface area (Å²) in [7, 11) is 0. The minimum atomic E-state index is -1.33. The molecule has 21 heavy (non-hydrogen) atoms. The molecule has 114 valence electrons. The first kappa shape index (κ1) is 20.7. The van der Waals surface area contributed by atoms with Gasteiger partial charge in [0, 0.05) is 12.0 Å². The van der Waals surface area contributed by atoms with Crippen LogP contribution in [-0.2, 0) is 9.59 Å². The van der Waals surface area contributed by atoms with Crippen LogP contribution >= 0.6 is 0 Å². The van der Waals surface area contributed by atoms with Crippen molar-refractivity contribution in [3.05, 3.63) is 54.5 Å². The average Bonchev–Trinajstić information content (AvgIpc) is 2.45. The van der Waals surface area contributed by atoms with Gasteiger partial charge in [-0.3, -0.25) is 4.79 Å². The van der Waals surface area contributed by atoms with E-state index in [2.05, 4.69) is 30.7 Å². The molecule has 0 saturated carbocycles. The van der Waals surface area contributed by atoms with Crippen LogP contribution in [0.15, 0.2) is 49.6 Å². The van der Waals surface area contributed by atoms with Crippen LogP contribution in [0.1, 0.15) is 19.8 Å². The summed E-state index contributed by atoms with van der Waals surface area (Å²) in [5.41, 5.74) is -0.385. The topological polar surface area (TPSA) is 79.0 Å². The largest absolute Gasteiger partial charge is 0.481 e. The van der Waals surface area contributed by atoms with Crippen molar-refractivity contribution in [2.24, 2.45) is 5.92 Å². The van der Waals surface area contributed by atoms with Gasteiger partial charge < -0.3 is 10.2 Å². The van der Waals surface area contributed by atoms with E-state index in [1.54, 1.807) is 12.2 Å². The Balaban J connectivity index is 0.